The van der Waals surface area contributed by atoms with Crippen LogP contribution in [0.5, 0.6) is 5.75 Å². The van der Waals surface area contributed by atoms with E-state index in [0.717, 1.165) is 5.56 Å². The van der Waals surface area contributed by atoms with Crippen LogP contribution in [0.25, 0.3) is 0 Å². The van der Waals surface area contributed by atoms with Crippen LogP contribution in [-0.4, -0.2) is 36.4 Å². The van der Waals surface area contributed by atoms with Gasteiger partial charge in [0.1, 0.15) is 11.8 Å². The Morgan fingerprint density at radius 1 is 1.25 bits per heavy atom. The summed E-state index contributed by atoms with van der Waals surface area (Å²) in [5.41, 5.74) is 0.782. The molecule has 0 radical (unpaired) electrons. The third kappa shape index (κ3) is 5.17. The Bertz CT molecular complexity index is 455. The molecule has 0 spiro atoms. The molecule has 0 saturated carbocycles. The summed E-state index contributed by atoms with van der Waals surface area (Å²) in [6, 6.07) is 5.53. The molecular formula is C14H19NO5. The number of carbonyl (C=O) groups excluding carboxylic acids is 2. The third-order valence-electron chi connectivity index (χ3n) is 2.49. The van der Waals surface area contributed by atoms with Crippen molar-refractivity contribution in [2.45, 2.75) is 32.4 Å². The molecule has 110 valence electrons. The van der Waals surface area contributed by atoms with E-state index < -0.39 is 18.1 Å². The molecule has 6 nitrogen and oxygen atoms in total. The smallest absolute Gasteiger partial charge is 0.407 e. The molecule has 2 N–H and O–H groups in total. The van der Waals surface area contributed by atoms with E-state index in [0.29, 0.717) is 0 Å². The summed E-state index contributed by atoms with van der Waals surface area (Å²) in [5, 5.41) is 11.7. The predicted octanol–water partition coefficient (Wildman–Crippen LogP) is 1.61. The van der Waals surface area contributed by atoms with Gasteiger partial charge in [-0.1, -0.05) is 12.1 Å². The van der Waals surface area contributed by atoms with E-state index in [-0.39, 0.29) is 18.3 Å². The highest BCUT2D eigenvalue weighted by molar-refractivity contribution is 5.81. The fourth-order valence-electron chi connectivity index (χ4n) is 1.58. The van der Waals surface area contributed by atoms with Crippen LogP contribution in [0.3, 0.4) is 0 Å². The monoisotopic (exact) mass is 281 g/mol. The molecule has 0 aliphatic rings. The minimum absolute atomic E-state index is 0.135. The first-order chi connectivity index (χ1) is 9.42. The van der Waals surface area contributed by atoms with Crippen molar-refractivity contribution >= 4 is 12.1 Å². The van der Waals surface area contributed by atoms with Crippen LogP contribution in [0.1, 0.15) is 19.4 Å². The van der Waals surface area contributed by atoms with Crippen molar-refractivity contribution in [3.63, 3.8) is 0 Å². The number of rotatable bonds is 5. The van der Waals surface area contributed by atoms with E-state index in [1.807, 2.05) is 0 Å². The second-order valence-corrected chi connectivity index (χ2v) is 4.54. The summed E-state index contributed by atoms with van der Waals surface area (Å²) in [4.78, 5) is 23.2. The van der Waals surface area contributed by atoms with E-state index in [1.165, 1.54) is 19.2 Å². The molecule has 0 heterocycles. The number of ether oxygens (including phenoxy) is 2. The van der Waals surface area contributed by atoms with Gasteiger partial charge < -0.3 is 19.9 Å². The summed E-state index contributed by atoms with van der Waals surface area (Å²) in [5.74, 6) is -0.394. The number of alkyl carbamates (subject to hydrolysis) is 1. The standard InChI is InChI=1S/C14H19NO5/c1-9(2)20-13(17)12(15-14(18)19-3)8-10-4-6-11(16)7-5-10/h4-7,9,12,16H,8H2,1-3H3,(H,15,18)/t12-/m1/s1. The highest BCUT2D eigenvalue weighted by atomic mass is 16.6. The number of hydrogen-bond donors (Lipinski definition) is 2. The molecule has 6 heteroatoms. The molecule has 0 saturated heterocycles. The molecule has 0 unspecified atom stereocenters. The number of hydrogen-bond acceptors (Lipinski definition) is 5. The second kappa shape index (κ2) is 7.37. The lowest BCUT2D eigenvalue weighted by molar-refractivity contribution is -0.149. The number of phenols is 1. The summed E-state index contributed by atoms with van der Waals surface area (Å²) in [6.07, 6.45) is -0.722. The number of nitrogens with one attached hydrogen (secondary N) is 1. The fraction of sp³-hybridized carbons (Fsp3) is 0.429. The molecular weight excluding hydrogens is 262 g/mol. The van der Waals surface area contributed by atoms with Crippen molar-refractivity contribution in [2.75, 3.05) is 7.11 Å². The zero-order chi connectivity index (χ0) is 15.1. The Morgan fingerprint density at radius 2 is 1.85 bits per heavy atom. The number of phenolic OH excluding ortho intramolecular Hbond substituents is 1. The van der Waals surface area contributed by atoms with Crippen LogP contribution in [0, 0.1) is 0 Å². The van der Waals surface area contributed by atoms with Gasteiger partial charge in [0.15, 0.2) is 0 Å². The van der Waals surface area contributed by atoms with Crippen molar-refractivity contribution < 1.29 is 24.2 Å². The Morgan fingerprint density at radius 3 is 2.35 bits per heavy atom. The van der Waals surface area contributed by atoms with Crippen LogP contribution in [0.15, 0.2) is 24.3 Å². The normalized spacial score (nSPS) is 11.8. The van der Waals surface area contributed by atoms with Crippen molar-refractivity contribution in [3.8, 4) is 5.75 Å². The molecule has 1 aromatic rings. The highest BCUT2D eigenvalue weighted by Gasteiger charge is 2.23. The summed E-state index contributed by atoms with van der Waals surface area (Å²) in [7, 11) is 1.22. The van der Waals surface area contributed by atoms with E-state index in [1.54, 1.807) is 26.0 Å². The molecule has 20 heavy (non-hydrogen) atoms. The van der Waals surface area contributed by atoms with Gasteiger partial charge in [-0.05, 0) is 31.5 Å². The van der Waals surface area contributed by atoms with Crippen LogP contribution >= 0.6 is 0 Å². The van der Waals surface area contributed by atoms with E-state index in [4.69, 9.17) is 4.74 Å². The van der Waals surface area contributed by atoms with Crippen molar-refractivity contribution in [1.29, 1.82) is 0 Å². The largest absolute Gasteiger partial charge is 0.508 e. The van der Waals surface area contributed by atoms with Gasteiger partial charge in [-0.15, -0.1) is 0 Å². The van der Waals surface area contributed by atoms with Gasteiger partial charge in [0, 0.05) is 6.42 Å². The second-order valence-electron chi connectivity index (χ2n) is 4.54. The van der Waals surface area contributed by atoms with Gasteiger partial charge in [-0.25, -0.2) is 9.59 Å². The van der Waals surface area contributed by atoms with E-state index >= 15 is 0 Å². The van der Waals surface area contributed by atoms with Gasteiger partial charge in [0.05, 0.1) is 13.2 Å². The van der Waals surface area contributed by atoms with Crippen LogP contribution in [-0.2, 0) is 20.7 Å². The van der Waals surface area contributed by atoms with E-state index in [2.05, 4.69) is 10.1 Å². The molecule has 0 aliphatic carbocycles. The molecule has 0 aromatic heterocycles. The lowest BCUT2D eigenvalue weighted by Gasteiger charge is -2.18. The number of aromatic hydroxyl groups is 1. The minimum atomic E-state index is -0.839. The SMILES string of the molecule is COC(=O)N[C@H](Cc1ccc(O)cc1)C(=O)OC(C)C. The lowest BCUT2D eigenvalue weighted by atomic mass is 10.1. The zero-order valence-electron chi connectivity index (χ0n) is 11.8. The Labute approximate surface area is 117 Å². The maximum absolute atomic E-state index is 11.9. The Hall–Kier alpha value is -2.24. The van der Waals surface area contributed by atoms with Crippen LogP contribution < -0.4 is 5.32 Å². The van der Waals surface area contributed by atoms with Crippen LogP contribution in [0.4, 0.5) is 4.79 Å². The first-order valence-corrected chi connectivity index (χ1v) is 6.25. The molecule has 1 amide bonds. The number of esters is 1. The average molecular weight is 281 g/mol. The molecule has 0 fully saturated rings. The lowest BCUT2D eigenvalue weighted by Crippen LogP contribution is -2.44. The first kappa shape index (κ1) is 15.8. The van der Waals surface area contributed by atoms with Crippen molar-refractivity contribution in [1.82, 2.24) is 5.32 Å². The predicted molar refractivity (Wildman–Crippen MR) is 72.4 cm³/mol. The summed E-state index contributed by atoms with van der Waals surface area (Å²) >= 11 is 0. The molecule has 0 bridgehead atoms. The number of methoxy groups -OCH3 is 1. The zero-order valence-corrected chi connectivity index (χ0v) is 11.8. The van der Waals surface area contributed by atoms with Crippen molar-refractivity contribution in [2.24, 2.45) is 0 Å². The molecule has 1 atom stereocenters. The van der Waals surface area contributed by atoms with Crippen LogP contribution in [0.2, 0.25) is 0 Å². The Balaban J connectivity index is 2.78. The molecule has 1 rings (SSSR count). The van der Waals surface area contributed by atoms with Gasteiger partial charge in [-0.3, -0.25) is 0 Å². The number of amides is 1. The quantitative estimate of drug-likeness (QED) is 0.801. The Kier molecular flexibility index (Phi) is 5.83. The van der Waals surface area contributed by atoms with Crippen molar-refractivity contribution in [3.05, 3.63) is 29.8 Å². The summed E-state index contributed by atoms with van der Waals surface area (Å²) in [6.45, 7) is 3.46. The first-order valence-electron chi connectivity index (χ1n) is 6.25. The maximum atomic E-state index is 11.9. The minimum Gasteiger partial charge on any atom is -0.508 e. The third-order valence-corrected chi connectivity index (χ3v) is 2.49. The van der Waals surface area contributed by atoms with E-state index in [9.17, 15) is 14.7 Å². The fourth-order valence-corrected chi connectivity index (χ4v) is 1.58. The number of benzene rings is 1. The maximum Gasteiger partial charge on any atom is 0.407 e. The molecule has 1 aromatic carbocycles. The van der Waals surface area contributed by atoms with Gasteiger partial charge in [0.2, 0.25) is 0 Å². The van der Waals surface area contributed by atoms with Gasteiger partial charge in [0.25, 0.3) is 0 Å². The highest BCUT2D eigenvalue weighted by Crippen LogP contribution is 2.12. The van der Waals surface area contributed by atoms with Gasteiger partial charge in [-0.2, -0.15) is 0 Å². The topological polar surface area (TPSA) is 84.9 Å². The van der Waals surface area contributed by atoms with Gasteiger partial charge >= 0.3 is 12.1 Å². The average Bonchev–Trinajstić information content (AvgIpc) is 2.39. The summed E-state index contributed by atoms with van der Waals surface area (Å²) < 4.78 is 9.59. The number of carbonyl (C=O) groups is 2. The molecule has 0 aliphatic heterocycles.